The monoisotopic (exact) mass is 369 g/mol. The average Bonchev–Trinajstić information content (AvgIpc) is 2.30. The van der Waals surface area contributed by atoms with Crippen LogP contribution in [0.2, 0.25) is 0 Å². The van der Waals surface area contributed by atoms with Crippen LogP contribution >= 0.6 is 18.2 Å². The number of carbonyl (C=O) groups is 1. The van der Waals surface area contributed by atoms with Gasteiger partial charge < -0.3 is 10.5 Å². The lowest BCUT2D eigenvalue weighted by atomic mass is 10.1. The predicted octanol–water partition coefficient (Wildman–Crippen LogP) is 4.13. The van der Waals surface area contributed by atoms with Crippen LogP contribution in [-0.4, -0.2) is 35.1 Å². The maximum atomic E-state index is 13.0. The molecule has 0 spiro atoms. The minimum atomic E-state index is -3.39. The lowest BCUT2D eigenvalue weighted by molar-refractivity contribution is -0.148. The predicted molar refractivity (Wildman–Crippen MR) is 95.6 cm³/mol. The third kappa shape index (κ3) is 10.4. The first-order valence-electron chi connectivity index (χ1n) is 7.72. The van der Waals surface area contributed by atoms with Gasteiger partial charge in [0, 0.05) is 5.75 Å². The van der Waals surface area contributed by atoms with Crippen molar-refractivity contribution in [3.05, 3.63) is 0 Å². The van der Waals surface area contributed by atoms with E-state index in [4.69, 9.17) is 19.5 Å². The standard InChI is InChI=1S/C15H32NO5PS/c1-9-14(5,6)21-22(18,20-13(2,3)4)23-11-10-19-12(17)15(7,8)16/h9-11,16H2,1-8H3. The van der Waals surface area contributed by atoms with Crippen molar-refractivity contribution >= 4 is 24.1 Å². The van der Waals surface area contributed by atoms with Crippen molar-refractivity contribution in [3.8, 4) is 0 Å². The first-order chi connectivity index (χ1) is 10.1. The first kappa shape index (κ1) is 22.9. The highest BCUT2D eigenvalue weighted by Crippen LogP contribution is 2.64. The Morgan fingerprint density at radius 1 is 1.09 bits per heavy atom. The number of hydrogen-bond donors (Lipinski definition) is 1. The molecule has 0 aliphatic carbocycles. The minimum Gasteiger partial charge on any atom is -0.463 e. The van der Waals surface area contributed by atoms with Crippen LogP contribution in [-0.2, 0) is 23.1 Å². The summed E-state index contributed by atoms with van der Waals surface area (Å²) in [5.41, 5.74) is 3.43. The molecule has 0 rings (SSSR count). The van der Waals surface area contributed by atoms with E-state index in [1.165, 1.54) is 0 Å². The molecule has 6 nitrogen and oxygen atoms in total. The van der Waals surface area contributed by atoms with Crippen molar-refractivity contribution in [3.63, 3.8) is 0 Å². The zero-order valence-corrected chi connectivity index (χ0v) is 17.3. The second-order valence-corrected chi connectivity index (χ2v) is 11.6. The molecule has 2 N–H and O–H groups in total. The van der Waals surface area contributed by atoms with Crippen LogP contribution in [0.15, 0.2) is 0 Å². The Labute approximate surface area is 144 Å². The quantitative estimate of drug-likeness (QED) is 0.371. The zero-order chi connectivity index (χ0) is 18.5. The Hall–Kier alpha value is -0.0700. The highest BCUT2D eigenvalue weighted by Gasteiger charge is 2.37. The molecular weight excluding hydrogens is 337 g/mol. The summed E-state index contributed by atoms with van der Waals surface area (Å²) >= 11 is 1.04. The molecule has 0 aromatic heterocycles. The highest BCUT2D eigenvalue weighted by molar-refractivity contribution is 8.55. The molecule has 1 atom stereocenters. The fourth-order valence-corrected chi connectivity index (χ4v) is 5.66. The van der Waals surface area contributed by atoms with Gasteiger partial charge in [0.25, 0.3) is 0 Å². The number of nitrogens with two attached hydrogens (primary N) is 1. The second kappa shape index (κ2) is 8.34. The summed E-state index contributed by atoms with van der Waals surface area (Å²) in [6.45, 7) is 11.0. The van der Waals surface area contributed by atoms with E-state index in [1.807, 2.05) is 41.5 Å². The maximum Gasteiger partial charge on any atom is 0.390 e. The zero-order valence-electron chi connectivity index (χ0n) is 15.6. The Kier molecular flexibility index (Phi) is 8.32. The normalized spacial score (nSPS) is 16.0. The van der Waals surface area contributed by atoms with Gasteiger partial charge in [0.05, 0.1) is 11.2 Å². The van der Waals surface area contributed by atoms with Gasteiger partial charge in [-0.3, -0.25) is 13.8 Å². The fraction of sp³-hybridized carbons (Fsp3) is 0.933. The van der Waals surface area contributed by atoms with Gasteiger partial charge in [0.2, 0.25) is 0 Å². The minimum absolute atomic E-state index is 0.0948. The van der Waals surface area contributed by atoms with E-state index in [1.54, 1.807) is 13.8 Å². The molecule has 23 heavy (non-hydrogen) atoms. The molecule has 0 aromatic carbocycles. The van der Waals surface area contributed by atoms with Crippen molar-refractivity contribution < 1.29 is 23.1 Å². The van der Waals surface area contributed by atoms with Gasteiger partial charge in [-0.2, -0.15) is 0 Å². The van der Waals surface area contributed by atoms with E-state index >= 15 is 0 Å². The maximum absolute atomic E-state index is 13.0. The number of hydrogen-bond acceptors (Lipinski definition) is 7. The third-order valence-electron chi connectivity index (χ3n) is 2.69. The van der Waals surface area contributed by atoms with Gasteiger partial charge in [-0.05, 0) is 66.3 Å². The van der Waals surface area contributed by atoms with E-state index in [0.29, 0.717) is 12.2 Å². The molecule has 0 saturated heterocycles. The van der Waals surface area contributed by atoms with Crippen molar-refractivity contribution in [2.45, 2.75) is 78.6 Å². The molecule has 0 heterocycles. The Bertz CT molecular complexity index is 440. The molecule has 0 aliphatic rings. The van der Waals surface area contributed by atoms with Crippen LogP contribution in [0.4, 0.5) is 0 Å². The summed E-state index contributed by atoms with van der Waals surface area (Å²) in [6, 6.07) is 0. The summed E-state index contributed by atoms with van der Waals surface area (Å²) in [5.74, 6) is -0.200. The molecule has 0 saturated carbocycles. The highest BCUT2D eigenvalue weighted by atomic mass is 32.7. The van der Waals surface area contributed by atoms with E-state index in [0.717, 1.165) is 11.4 Å². The van der Waals surface area contributed by atoms with Gasteiger partial charge >= 0.3 is 12.8 Å². The molecule has 138 valence electrons. The Morgan fingerprint density at radius 3 is 2.00 bits per heavy atom. The van der Waals surface area contributed by atoms with Crippen molar-refractivity contribution in [1.29, 1.82) is 0 Å². The van der Waals surface area contributed by atoms with E-state index in [-0.39, 0.29) is 6.61 Å². The second-order valence-electron chi connectivity index (χ2n) is 7.55. The molecule has 0 amide bonds. The van der Waals surface area contributed by atoms with Crippen LogP contribution in [0, 0.1) is 0 Å². The summed E-state index contributed by atoms with van der Waals surface area (Å²) in [6.07, 6.45) is 0.696. The number of esters is 1. The average molecular weight is 369 g/mol. The summed E-state index contributed by atoms with van der Waals surface area (Å²) in [7, 11) is 0. The Balaban J connectivity index is 4.73. The summed E-state index contributed by atoms with van der Waals surface area (Å²) in [4.78, 5) is 11.6. The van der Waals surface area contributed by atoms with Crippen LogP contribution in [0.25, 0.3) is 0 Å². The van der Waals surface area contributed by atoms with Crippen molar-refractivity contribution in [2.75, 3.05) is 12.4 Å². The largest absolute Gasteiger partial charge is 0.463 e. The lowest BCUT2D eigenvalue weighted by Crippen LogP contribution is -2.43. The van der Waals surface area contributed by atoms with Gasteiger partial charge in [-0.15, -0.1) is 0 Å². The van der Waals surface area contributed by atoms with E-state index in [9.17, 15) is 9.36 Å². The fourth-order valence-electron chi connectivity index (χ4n) is 1.24. The summed E-state index contributed by atoms with van der Waals surface area (Å²) in [5, 5.41) is 0. The SMILES string of the molecule is CCC(C)(C)OP(=O)(OC(C)(C)C)SCCOC(=O)C(C)(C)N. The molecule has 0 bridgehead atoms. The topological polar surface area (TPSA) is 87.9 Å². The van der Waals surface area contributed by atoms with Crippen LogP contribution in [0.3, 0.4) is 0 Å². The van der Waals surface area contributed by atoms with Crippen molar-refractivity contribution in [1.82, 2.24) is 0 Å². The molecule has 0 fully saturated rings. The Morgan fingerprint density at radius 2 is 1.61 bits per heavy atom. The van der Waals surface area contributed by atoms with Crippen LogP contribution in [0.5, 0.6) is 0 Å². The molecule has 0 aromatic rings. The molecular formula is C15H32NO5PS. The third-order valence-corrected chi connectivity index (χ3v) is 6.79. The lowest BCUT2D eigenvalue weighted by Gasteiger charge is -2.32. The molecule has 1 unspecified atom stereocenters. The van der Waals surface area contributed by atoms with Crippen LogP contribution in [0.1, 0.15) is 61.8 Å². The van der Waals surface area contributed by atoms with Gasteiger partial charge in [0.15, 0.2) is 0 Å². The molecule has 8 heteroatoms. The number of carbonyl (C=O) groups excluding carboxylic acids is 1. The number of rotatable bonds is 9. The van der Waals surface area contributed by atoms with Crippen molar-refractivity contribution in [2.24, 2.45) is 5.73 Å². The molecule has 0 aliphatic heterocycles. The number of ether oxygens (including phenoxy) is 1. The first-order valence-corrected chi connectivity index (χ1v) is 10.9. The molecule has 0 radical (unpaired) electrons. The van der Waals surface area contributed by atoms with Gasteiger partial charge in [-0.1, -0.05) is 6.92 Å². The van der Waals surface area contributed by atoms with Crippen LogP contribution < -0.4 is 5.73 Å². The smallest absolute Gasteiger partial charge is 0.390 e. The van der Waals surface area contributed by atoms with Gasteiger partial charge in [0.1, 0.15) is 12.1 Å². The van der Waals surface area contributed by atoms with Gasteiger partial charge in [-0.25, -0.2) is 4.57 Å². The van der Waals surface area contributed by atoms with E-state index < -0.39 is 29.5 Å². The summed E-state index contributed by atoms with van der Waals surface area (Å²) < 4.78 is 29.5. The van der Waals surface area contributed by atoms with E-state index in [2.05, 4.69) is 0 Å².